The molecule has 3 unspecified atom stereocenters. The molecule has 0 amide bonds. The Kier molecular flexibility index (Phi) is 3.91. The van der Waals surface area contributed by atoms with E-state index in [0.717, 1.165) is 0 Å². The van der Waals surface area contributed by atoms with Crippen LogP contribution in [-0.4, -0.2) is 55.9 Å². The molecule has 1 saturated heterocycles. The van der Waals surface area contributed by atoms with Gasteiger partial charge in [-0.05, 0) is 5.92 Å². The summed E-state index contributed by atoms with van der Waals surface area (Å²) >= 11 is 0. The average molecular weight is 320 g/mol. The van der Waals surface area contributed by atoms with Crippen molar-refractivity contribution < 1.29 is 19.7 Å². The van der Waals surface area contributed by atoms with Crippen LogP contribution in [0.3, 0.4) is 0 Å². The largest absolute Gasteiger partial charge is 0.450 e. The Bertz CT molecular complexity index is 795. The zero-order valence-corrected chi connectivity index (χ0v) is 12.3. The Labute approximate surface area is 131 Å². The number of aliphatic hydroxyl groups excluding tert-OH is 2. The number of methoxy groups -OCH3 is 1. The maximum Gasteiger partial charge on any atom is 0.224 e. The molecule has 0 aliphatic carbocycles. The first-order valence-corrected chi connectivity index (χ1v) is 6.84. The number of aliphatic hydroxyl groups is 2. The van der Waals surface area contributed by atoms with E-state index in [1.54, 1.807) is 0 Å². The Morgan fingerprint density at radius 1 is 1.43 bits per heavy atom. The van der Waals surface area contributed by atoms with Crippen LogP contribution in [0.5, 0.6) is 0 Å². The zero-order valence-electron chi connectivity index (χ0n) is 12.3. The van der Waals surface area contributed by atoms with E-state index in [-0.39, 0.29) is 24.8 Å². The summed E-state index contributed by atoms with van der Waals surface area (Å²) in [6.07, 6.45) is 0.542. The van der Waals surface area contributed by atoms with Crippen LogP contribution in [0.4, 0.5) is 11.8 Å². The van der Waals surface area contributed by atoms with Gasteiger partial charge in [0.25, 0.3) is 0 Å². The molecular formula is C13H16N6O4. The van der Waals surface area contributed by atoms with E-state index in [1.165, 1.54) is 11.8 Å². The molecule has 0 aromatic carbocycles. The number of nitrogens with two attached hydrogens (primary N) is 2. The molecule has 3 rings (SSSR count). The summed E-state index contributed by atoms with van der Waals surface area (Å²) in [6, 6.07) is 0. The molecule has 10 nitrogen and oxygen atoms in total. The van der Waals surface area contributed by atoms with Crippen LogP contribution in [0.1, 0.15) is 18.3 Å². The molecule has 10 heteroatoms. The van der Waals surface area contributed by atoms with Crippen molar-refractivity contribution in [3.8, 4) is 12.0 Å². The van der Waals surface area contributed by atoms with Crippen LogP contribution in [0, 0.1) is 12.0 Å². The van der Waals surface area contributed by atoms with Gasteiger partial charge in [0.2, 0.25) is 5.95 Å². The number of anilines is 2. The lowest BCUT2D eigenvalue weighted by atomic mass is 10.2. The fourth-order valence-corrected chi connectivity index (χ4v) is 2.50. The van der Waals surface area contributed by atoms with Crippen molar-refractivity contribution in [2.45, 2.75) is 24.9 Å². The molecule has 2 aromatic rings. The SMILES string of the molecule is COC#Cc1nn(C2CC(O)C(CO)O2)c2nc(N)nc(N)c12. The third kappa shape index (κ3) is 2.61. The molecule has 23 heavy (non-hydrogen) atoms. The number of aromatic nitrogens is 4. The number of nitrogen functional groups attached to an aromatic ring is 2. The van der Waals surface area contributed by atoms with Crippen LogP contribution in [-0.2, 0) is 9.47 Å². The molecule has 1 aliphatic heterocycles. The number of hydrogen-bond acceptors (Lipinski definition) is 9. The van der Waals surface area contributed by atoms with Crippen molar-refractivity contribution in [2.75, 3.05) is 25.2 Å². The minimum absolute atomic E-state index is 0.0142. The number of fused-ring (bicyclic) bond motifs is 1. The van der Waals surface area contributed by atoms with E-state index in [4.69, 9.17) is 20.9 Å². The van der Waals surface area contributed by atoms with Crippen molar-refractivity contribution in [3.05, 3.63) is 5.69 Å². The highest BCUT2D eigenvalue weighted by atomic mass is 16.5. The predicted octanol–water partition coefficient (Wildman–Crippen LogP) is -1.41. The van der Waals surface area contributed by atoms with E-state index in [1.807, 2.05) is 0 Å². The lowest BCUT2D eigenvalue weighted by Crippen LogP contribution is -2.24. The summed E-state index contributed by atoms with van der Waals surface area (Å²) in [7, 11) is 1.42. The smallest absolute Gasteiger partial charge is 0.224 e. The lowest BCUT2D eigenvalue weighted by Gasteiger charge is -2.12. The van der Waals surface area contributed by atoms with Crippen molar-refractivity contribution in [2.24, 2.45) is 0 Å². The van der Waals surface area contributed by atoms with Gasteiger partial charge in [-0.2, -0.15) is 15.1 Å². The van der Waals surface area contributed by atoms with Gasteiger partial charge in [0.05, 0.1) is 25.2 Å². The molecule has 1 aliphatic rings. The van der Waals surface area contributed by atoms with E-state index < -0.39 is 18.4 Å². The van der Waals surface area contributed by atoms with Crippen molar-refractivity contribution >= 4 is 22.8 Å². The Hall–Kier alpha value is -2.61. The number of ether oxygens (including phenoxy) is 2. The predicted molar refractivity (Wildman–Crippen MR) is 79.7 cm³/mol. The minimum Gasteiger partial charge on any atom is -0.450 e. The molecule has 0 spiro atoms. The standard InChI is InChI=1S/C13H16N6O4/c1-22-3-2-6-10-11(14)16-13(15)17-12(10)19(18-6)9-4-7(21)8(5-20)23-9/h7-9,20-21H,4-5H2,1H3,(H4,14,15,16,17). The van der Waals surface area contributed by atoms with E-state index in [0.29, 0.717) is 16.7 Å². The topological polar surface area (TPSA) is 155 Å². The summed E-state index contributed by atoms with van der Waals surface area (Å²) in [5, 5.41) is 23.8. The first-order valence-electron chi connectivity index (χ1n) is 6.84. The second-order valence-corrected chi connectivity index (χ2v) is 5.00. The molecule has 2 aromatic heterocycles. The molecule has 6 N–H and O–H groups in total. The zero-order chi connectivity index (χ0) is 16.6. The summed E-state index contributed by atoms with van der Waals surface area (Å²) in [4.78, 5) is 8.05. The van der Waals surface area contributed by atoms with E-state index in [9.17, 15) is 10.2 Å². The molecule has 0 bridgehead atoms. The van der Waals surface area contributed by atoms with Gasteiger partial charge in [0.15, 0.2) is 17.6 Å². The maximum atomic E-state index is 9.89. The second-order valence-electron chi connectivity index (χ2n) is 5.00. The number of rotatable bonds is 2. The third-order valence-corrected chi connectivity index (χ3v) is 3.53. The van der Waals surface area contributed by atoms with Gasteiger partial charge < -0.3 is 31.2 Å². The summed E-state index contributed by atoms with van der Waals surface area (Å²) in [5.74, 6) is 2.83. The van der Waals surface area contributed by atoms with Crippen molar-refractivity contribution in [1.29, 1.82) is 0 Å². The molecule has 3 atom stereocenters. The maximum absolute atomic E-state index is 9.89. The third-order valence-electron chi connectivity index (χ3n) is 3.53. The van der Waals surface area contributed by atoms with Gasteiger partial charge in [-0.1, -0.05) is 0 Å². The highest BCUT2D eigenvalue weighted by molar-refractivity contribution is 5.91. The van der Waals surface area contributed by atoms with Gasteiger partial charge in [-0.15, -0.1) is 0 Å². The summed E-state index contributed by atoms with van der Waals surface area (Å²) in [5.41, 5.74) is 12.2. The minimum atomic E-state index is -0.811. The van der Waals surface area contributed by atoms with Gasteiger partial charge in [0.1, 0.15) is 18.0 Å². The first-order chi connectivity index (χ1) is 11.0. The fourth-order valence-electron chi connectivity index (χ4n) is 2.50. The first kappa shape index (κ1) is 15.3. The van der Waals surface area contributed by atoms with Crippen molar-refractivity contribution in [1.82, 2.24) is 19.7 Å². The molecule has 0 radical (unpaired) electrons. The number of nitrogens with zero attached hydrogens (tertiary/aromatic N) is 4. The van der Waals surface area contributed by atoms with Crippen LogP contribution in [0.25, 0.3) is 11.0 Å². The lowest BCUT2D eigenvalue weighted by molar-refractivity contribution is -0.0470. The van der Waals surface area contributed by atoms with E-state index >= 15 is 0 Å². The normalized spacial score (nSPS) is 23.7. The van der Waals surface area contributed by atoms with Crippen molar-refractivity contribution in [3.63, 3.8) is 0 Å². The van der Waals surface area contributed by atoms with Crippen LogP contribution < -0.4 is 11.5 Å². The quantitative estimate of drug-likeness (QED) is 0.488. The molecule has 3 heterocycles. The Balaban J connectivity index is 2.14. The van der Waals surface area contributed by atoms with Gasteiger partial charge in [-0.3, -0.25) is 0 Å². The van der Waals surface area contributed by atoms with Gasteiger partial charge in [-0.25, -0.2) is 4.68 Å². The van der Waals surface area contributed by atoms with Gasteiger partial charge in [0, 0.05) is 6.42 Å². The highest BCUT2D eigenvalue weighted by Crippen LogP contribution is 2.32. The summed E-state index contributed by atoms with van der Waals surface area (Å²) in [6.45, 7) is -0.299. The highest BCUT2D eigenvalue weighted by Gasteiger charge is 2.36. The molecular weight excluding hydrogens is 304 g/mol. The Morgan fingerprint density at radius 3 is 2.87 bits per heavy atom. The second kappa shape index (κ2) is 5.88. The number of hydrogen-bond donors (Lipinski definition) is 4. The van der Waals surface area contributed by atoms with Crippen LogP contribution in [0.15, 0.2) is 0 Å². The monoisotopic (exact) mass is 320 g/mol. The fraction of sp³-hybridized carbons (Fsp3) is 0.462. The Morgan fingerprint density at radius 2 is 2.22 bits per heavy atom. The summed E-state index contributed by atoms with van der Waals surface area (Å²) < 4.78 is 11.7. The average Bonchev–Trinajstić information content (AvgIpc) is 3.05. The van der Waals surface area contributed by atoms with E-state index in [2.05, 4.69) is 27.1 Å². The molecule has 1 fully saturated rings. The molecule has 0 saturated carbocycles. The molecule has 122 valence electrons. The van der Waals surface area contributed by atoms with Crippen LogP contribution >= 0.6 is 0 Å². The van der Waals surface area contributed by atoms with Gasteiger partial charge >= 0.3 is 0 Å². The van der Waals surface area contributed by atoms with Crippen LogP contribution in [0.2, 0.25) is 0 Å².